The van der Waals surface area contributed by atoms with Crippen LogP contribution in [0, 0.1) is 0 Å². The third kappa shape index (κ3) is 4.51. The monoisotopic (exact) mass is 505 g/mol. The van der Waals surface area contributed by atoms with Crippen molar-refractivity contribution in [2.45, 2.75) is 57.1 Å². The highest BCUT2D eigenvalue weighted by Gasteiger charge is 2.38. The van der Waals surface area contributed by atoms with Gasteiger partial charge in [0.2, 0.25) is 10.0 Å². The minimum atomic E-state index is -3.70. The van der Waals surface area contributed by atoms with Crippen molar-refractivity contribution in [2.24, 2.45) is 10.1 Å². The number of hydrogen-bond acceptors (Lipinski definition) is 10. The first-order valence-electron chi connectivity index (χ1n) is 11.4. The topological polar surface area (TPSA) is 139 Å². The molecule has 4 rings (SSSR count). The van der Waals surface area contributed by atoms with Gasteiger partial charge in [-0.15, -0.1) is 10.2 Å². The quantitative estimate of drug-likeness (QED) is 0.494. The molecule has 3 aliphatic rings. The van der Waals surface area contributed by atoms with E-state index in [4.69, 9.17) is 4.74 Å². The number of hydrazine groups is 2. The Morgan fingerprint density at radius 1 is 1.31 bits per heavy atom. The molecule has 1 aromatic carbocycles. The molecule has 0 radical (unpaired) electrons. The maximum Gasteiger partial charge on any atom is 0.260 e. The summed E-state index contributed by atoms with van der Waals surface area (Å²) in [7, 11) is -0.481. The number of amidine groups is 1. The standard InChI is InChI=1S/C22H31N7O5S/c1-13(2)28-11-15-9-18(34-5)16(10-19(15)35(28,32)33)22(31)24-20-8-6-7-17(23-20)21-25-26-27(4)29(21)14(3)12-30/h8-10,13-14,26,30H,6-7,11-12H2,1-5H3,(H,24,31)/t14-/m1/s1. The van der Waals surface area contributed by atoms with Gasteiger partial charge in [0.25, 0.3) is 5.91 Å². The Kier molecular flexibility index (Phi) is 6.86. The first-order valence-corrected chi connectivity index (χ1v) is 12.8. The van der Waals surface area contributed by atoms with Gasteiger partial charge < -0.3 is 15.2 Å². The van der Waals surface area contributed by atoms with E-state index in [-0.39, 0.29) is 41.4 Å². The summed E-state index contributed by atoms with van der Waals surface area (Å²) in [5.41, 5.74) is 4.20. The van der Waals surface area contributed by atoms with Crippen LogP contribution in [0.2, 0.25) is 0 Å². The fourth-order valence-corrected chi connectivity index (χ4v) is 6.15. The lowest BCUT2D eigenvalue weighted by atomic mass is 10.1. The molecule has 12 nitrogen and oxygen atoms in total. The molecule has 1 aromatic rings. The Balaban J connectivity index is 1.60. The first-order chi connectivity index (χ1) is 16.6. The molecule has 0 saturated carbocycles. The van der Waals surface area contributed by atoms with E-state index in [9.17, 15) is 18.3 Å². The van der Waals surface area contributed by atoms with E-state index in [0.29, 0.717) is 35.8 Å². The molecule has 1 atom stereocenters. The lowest BCUT2D eigenvalue weighted by molar-refractivity contribution is -0.000718. The lowest BCUT2D eigenvalue weighted by Crippen LogP contribution is -2.51. The summed E-state index contributed by atoms with van der Waals surface area (Å²) >= 11 is 0. The zero-order valence-electron chi connectivity index (χ0n) is 20.4. The second-order valence-electron chi connectivity index (χ2n) is 8.88. The van der Waals surface area contributed by atoms with Gasteiger partial charge in [-0.3, -0.25) is 9.80 Å². The number of sulfonamides is 1. The lowest BCUT2D eigenvalue weighted by Gasteiger charge is -2.31. The Hall–Kier alpha value is -3.00. The van der Waals surface area contributed by atoms with Gasteiger partial charge in [-0.2, -0.15) is 4.31 Å². The van der Waals surface area contributed by atoms with Crippen molar-refractivity contribution in [3.63, 3.8) is 0 Å². The van der Waals surface area contributed by atoms with Crippen LogP contribution in [-0.4, -0.2) is 78.3 Å². The molecule has 1 amide bonds. The van der Waals surface area contributed by atoms with Crippen LogP contribution in [0.5, 0.6) is 5.75 Å². The van der Waals surface area contributed by atoms with E-state index in [1.165, 1.54) is 17.5 Å². The van der Waals surface area contributed by atoms with Crippen LogP contribution >= 0.6 is 0 Å². The number of aliphatic hydroxyl groups excluding tert-OH is 1. The molecule has 13 heteroatoms. The Morgan fingerprint density at radius 3 is 2.71 bits per heavy atom. The highest BCUT2D eigenvalue weighted by molar-refractivity contribution is 7.89. The third-order valence-corrected chi connectivity index (χ3v) is 8.22. The first kappa shape index (κ1) is 25.1. The number of allylic oxidation sites excluding steroid dienone is 1. The Bertz CT molecular complexity index is 1220. The number of hydrazone groups is 1. The molecule has 0 bridgehead atoms. The number of methoxy groups -OCH3 is 1. The van der Waals surface area contributed by atoms with Gasteiger partial charge in [0.15, 0.2) is 5.84 Å². The maximum atomic E-state index is 13.2. The second kappa shape index (κ2) is 9.57. The number of benzene rings is 1. The van der Waals surface area contributed by atoms with E-state index < -0.39 is 15.9 Å². The number of rotatable bonds is 7. The molecule has 3 N–H and O–H groups in total. The molecular formula is C22H31N7O5S. The van der Waals surface area contributed by atoms with E-state index in [1.807, 2.05) is 20.8 Å². The number of hydrogen-bond donors (Lipinski definition) is 3. The highest BCUT2D eigenvalue weighted by atomic mass is 32.2. The van der Waals surface area contributed by atoms with Crippen molar-refractivity contribution in [2.75, 3.05) is 20.8 Å². The number of aliphatic imine (C=N–C) groups is 1. The number of amides is 1. The van der Waals surface area contributed by atoms with Crippen LogP contribution < -0.4 is 15.6 Å². The Labute approximate surface area is 204 Å². The van der Waals surface area contributed by atoms with Crippen LogP contribution in [0.15, 0.2) is 39.0 Å². The van der Waals surface area contributed by atoms with Crippen molar-refractivity contribution in [1.29, 1.82) is 0 Å². The molecule has 3 aliphatic heterocycles. The van der Waals surface area contributed by atoms with Crippen molar-refractivity contribution in [3.8, 4) is 5.75 Å². The average Bonchev–Trinajstić information content (AvgIpc) is 3.34. The molecular weight excluding hydrogens is 474 g/mol. The second-order valence-corrected chi connectivity index (χ2v) is 10.7. The van der Waals surface area contributed by atoms with Crippen LogP contribution in [0.1, 0.15) is 49.5 Å². The summed E-state index contributed by atoms with van der Waals surface area (Å²) < 4.78 is 32.8. The summed E-state index contributed by atoms with van der Waals surface area (Å²) in [5.74, 6) is 0.656. The molecule has 0 saturated heterocycles. The van der Waals surface area contributed by atoms with E-state index >= 15 is 0 Å². The minimum absolute atomic E-state index is 0.0764. The number of ether oxygens (including phenoxy) is 1. The number of nitrogens with one attached hydrogen (secondary N) is 2. The summed E-state index contributed by atoms with van der Waals surface area (Å²) in [4.78, 5) is 17.9. The van der Waals surface area contributed by atoms with Gasteiger partial charge >= 0.3 is 0 Å². The summed E-state index contributed by atoms with van der Waals surface area (Å²) in [6.45, 7) is 5.63. The fraction of sp³-hybridized carbons (Fsp3) is 0.500. The molecule has 0 unspecified atom stereocenters. The van der Waals surface area contributed by atoms with Crippen molar-refractivity contribution >= 4 is 27.5 Å². The van der Waals surface area contributed by atoms with Gasteiger partial charge in [0.05, 0.1) is 35.9 Å². The number of carbonyl (C=O) groups excluding carboxylic acids is 1. The third-order valence-electron chi connectivity index (χ3n) is 6.11. The van der Waals surface area contributed by atoms with Gasteiger partial charge in [0.1, 0.15) is 11.6 Å². The maximum absolute atomic E-state index is 13.2. The van der Waals surface area contributed by atoms with Crippen LogP contribution in [-0.2, 0) is 16.6 Å². The predicted octanol–water partition coefficient (Wildman–Crippen LogP) is 0.775. The smallest absolute Gasteiger partial charge is 0.260 e. The normalized spacial score (nSPS) is 20.7. The molecule has 35 heavy (non-hydrogen) atoms. The van der Waals surface area contributed by atoms with Crippen molar-refractivity contribution < 1.29 is 23.1 Å². The zero-order valence-corrected chi connectivity index (χ0v) is 21.3. The van der Waals surface area contributed by atoms with Crippen molar-refractivity contribution in [3.05, 3.63) is 35.2 Å². The predicted molar refractivity (Wildman–Crippen MR) is 130 cm³/mol. The molecule has 0 fully saturated rings. The Morgan fingerprint density at radius 2 is 2.06 bits per heavy atom. The molecule has 0 aliphatic carbocycles. The zero-order chi connectivity index (χ0) is 25.5. The van der Waals surface area contributed by atoms with Gasteiger partial charge in [0, 0.05) is 19.6 Å². The highest BCUT2D eigenvalue weighted by Crippen LogP contribution is 2.36. The number of aliphatic hydroxyl groups is 1. The van der Waals surface area contributed by atoms with Gasteiger partial charge in [-0.25, -0.2) is 18.9 Å². The molecule has 0 aromatic heterocycles. The molecule has 190 valence electrons. The number of carbonyl (C=O) groups is 1. The minimum Gasteiger partial charge on any atom is -0.496 e. The van der Waals surface area contributed by atoms with E-state index in [2.05, 4.69) is 20.9 Å². The van der Waals surface area contributed by atoms with Crippen LogP contribution in [0.3, 0.4) is 0 Å². The number of fused-ring (bicyclic) bond motifs is 1. The largest absolute Gasteiger partial charge is 0.496 e. The van der Waals surface area contributed by atoms with Crippen LogP contribution in [0.4, 0.5) is 0 Å². The average molecular weight is 506 g/mol. The summed E-state index contributed by atoms with van der Waals surface area (Å²) in [6, 6.07) is 2.54. The van der Waals surface area contributed by atoms with Gasteiger partial charge in [-0.1, -0.05) is 0 Å². The fourth-order valence-electron chi connectivity index (χ4n) is 4.31. The van der Waals surface area contributed by atoms with E-state index in [0.717, 1.165) is 0 Å². The van der Waals surface area contributed by atoms with E-state index in [1.54, 1.807) is 29.3 Å². The summed E-state index contributed by atoms with van der Waals surface area (Å²) in [5, 5.41) is 20.1. The number of nitrogens with zero attached hydrogens (tertiary/aromatic N) is 5. The summed E-state index contributed by atoms with van der Waals surface area (Å²) in [6.07, 6.45) is 3.02. The molecule has 3 heterocycles. The van der Waals surface area contributed by atoms with Gasteiger partial charge in [-0.05, 0) is 57.4 Å². The molecule has 0 spiro atoms. The SMILES string of the molecule is COc1cc2c(cc1C(=O)NC1=CCCC(C3=NNN(C)N3[C@H](C)CO)=N1)S(=O)(=O)N(C(C)C)C2. The van der Waals surface area contributed by atoms with Crippen molar-refractivity contribution in [1.82, 2.24) is 25.3 Å². The van der Waals surface area contributed by atoms with Crippen LogP contribution in [0.25, 0.3) is 0 Å².